The monoisotopic (exact) mass is 432 g/mol. The second-order valence-electron chi connectivity index (χ2n) is 7.22. The summed E-state index contributed by atoms with van der Waals surface area (Å²) >= 11 is 0. The highest BCUT2D eigenvalue weighted by Gasteiger charge is 2.45. The lowest BCUT2D eigenvalue weighted by Gasteiger charge is -2.36. The van der Waals surface area contributed by atoms with Crippen LogP contribution in [0.25, 0.3) is 0 Å². The maximum atomic E-state index is 13.1. The summed E-state index contributed by atoms with van der Waals surface area (Å²) < 4.78 is 62.7. The Labute approximate surface area is 169 Å². The molecule has 12 heteroatoms. The molecule has 8 nitrogen and oxygen atoms in total. The zero-order valence-corrected chi connectivity index (χ0v) is 15.9. The number of aromatic nitrogens is 2. The minimum atomic E-state index is -3.07. The van der Waals surface area contributed by atoms with Crippen molar-refractivity contribution in [2.45, 2.75) is 44.8 Å². The van der Waals surface area contributed by atoms with Gasteiger partial charge in [0.25, 0.3) is 12.9 Å². The van der Waals surface area contributed by atoms with E-state index >= 15 is 0 Å². The number of ether oxygens (including phenoxy) is 2. The van der Waals surface area contributed by atoms with Crippen LogP contribution in [0.3, 0.4) is 0 Å². The van der Waals surface area contributed by atoms with Crippen LogP contribution in [0.4, 0.5) is 17.6 Å². The minimum Gasteiger partial charge on any atom is -0.459 e. The quantitative estimate of drug-likeness (QED) is 0.505. The zero-order valence-electron chi connectivity index (χ0n) is 15.9. The number of amides is 1. The first-order chi connectivity index (χ1) is 14.3. The maximum Gasteiger partial charge on any atom is 0.326 e. The number of carbonyl (C=O) groups excluding carboxylic acids is 2. The Kier molecular flexibility index (Phi) is 6.60. The van der Waals surface area contributed by atoms with E-state index in [2.05, 4.69) is 5.10 Å². The third-order valence-corrected chi connectivity index (χ3v) is 5.30. The number of piperidine rings is 1. The van der Waals surface area contributed by atoms with Crippen molar-refractivity contribution in [2.24, 2.45) is 5.41 Å². The number of rotatable bonds is 6. The van der Waals surface area contributed by atoms with Crippen LogP contribution in [0.2, 0.25) is 0 Å². The van der Waals surface area contributed by atoms with Crippen molar-refractivity contribution in [3.05, 3.63) is 17.5 Å². The summed E-state index contributed by atoms with van der Waals surface area (Å²) in [6.45, 7) is 0.150. The Bertz CT molecular complexity index is 825. The molecule has 0 aromatic carbocycles. The molecule has 0 aliphatic carbocycles. The Morgan fingerprint density at radius 1 is 1.30 bits per heavy atom. The predicted octanol–water partition coefficient (Wildman–Crippen LogP) is 2.22. The fourth-order valence-electron chi connectivity index (χ4n) is 3.46. The smallest absolute Gasteiger partial charge is 0.326 e. The average molecular weight is 432 g/mol. The predicted molar refractivity (Wildman–Crippen MR) is 91.3 cm³/mol. The molecule has 0 N–H and O–H groups in total. The summed E-state index contributed by atoms with van der Waals surface area (Å²) in [5.41, 5.74) is -3.01. The molecule has 0 saturated carbocycles. The van der Waals surface area contributed by atoms with E-state index in [0.717, 1.165) is 0 Å². The molecule has 0 bridgehead atoms. The lowest BCUT2D eigenvalue weighted by molar-refractivity contribution is -0.161. The van der Waals surface area contributed by atoms with Crippen LogP contribution in [-0.4, -0.2) is 59.0 Å². The minimum absolute atomic E-state index is 0.0186. The van der Waals surface area contributed by atoms with Gasteiger partial charge in [-0.2, -0.15) is 10.4 Å². The largest absolute Gasteiger partial charge is 0.459 e. The van der Waals surface area contributed by atoms with Gasteiger partial charge in [0, 0.05) is 19.5 Å². The first-order valence-corrected chi connectivity index (χ1v) is 9.37. The topological polar surface area (TPSA) is 97.5 Å². The van der Waals surface area contributed by atoms with Gasteiger partial charge in [0.15, 0.2) is 5.41 Å². The normalized spacial score (nSPS) is 21.1. The first-order valence-electron chi connectivity index (χ1n) is 9.37. The maximum absolute atomic E-state index is 13.1. The number of likely N-dealkylation sites (tertiary alicyclic amines) is 1. The van der Waals surface area contributed by atoms with E-state index in [4.69, 9.17) is 9.47 Å². The second-order valence-corrected chi connectivity index (χ2v) is 7.22. The van der Waals surface area contributed by atoms with E-state index in [1.54, 1.807) is 0 Å². The third-order valence-electron chi connectivity index (χ3n) is 5.30. The summed E-state index contributed by atoms with van der Waals surface area (Å²) in [6.07, 6.45) is -5.93. The molecular formula is C18H20F4N4O4. The highest BCUT2D eigenvalue weighted by Crippen LogP contribution is 2.33. The fourth-order valence-corrected chi connectivity index (χ4v) is 3.46. The van der Waals surface area contributed by atoms with Crippen molar-refractivity contribution in [3.8, 4) is 6.07 Å². The Balaban J connectivity index is 1.62. The molecule has 0 spiro atoms. The third kappa shape index (κ3) is 4.56. The van der Waals surface area contributed by atoms with Crippen LogP contribution in [0.1, 0.15) is 43.5 Å². The van der Waals surface area contributed by atoms with Gasteiger partial charge in [0.05, 0.1) is 19.3 Å². The standard InChI is InChI=1S/C18H20F4N4O4/c19-15(20)12-7-13(16(21)22)26(24-12)8-14(27)25-4-2-18(10-23,3-5-25)17(28)30-11-1-6-29-9-11/h7,11,15-16H,1-6,8-9H2/t11-/m1/s1. The molecule has 2 aliphatic heterocycles. The summed E-state index contributed by atoms with van der Waals surface area (Å²) in [6, 6.07) is 2.56. The lowest BCUT2D eigenvalue weighted by atomic mass is 9.79. The molecule has 0 radical (unpaired) electrons. The Morgan fingerprint density at radius 3 is 2.53 bits per heavy atom. The average Bonchev–Trinajstić information content (AvgIpc) is 3.38. The van der Waals surface area contributed by atoms with Gasteiger partial charge in [-0.05, 0) is 18.9 Å². The molecule has 1 aromatic rings. The molecular weight excluding hydrogens is 412 g/mol. The number of esters is 1. The van der Waals surface area contributed by atoms with Crippen LogP contribution < -0.4 is 0 Å². The molecule has 0 unspecified atom stereocenters. The molecule has 3 heterocycles. The SMILES string of the molecule is N#CC1(C(=O)O[C@@H]2CCOC2)CCN(C(=O)Cn2nc(C(F)F)cc2C(F)F)CC1. The van der Waals surface area contributed by atoms with Gasteiger partial charge >= 0.3 is 5.97 Å². The van der Waals surface area contributed by atoms with Gasteiger partial charge in [-0.25, -0.2) is 17.6 Å². The Hall–Kier alpha value is -2.68. The molecule has 2 saturated heterocycles. The molecule has 3 rings (SSSR count). The van der Waals surface area contributed by atoms with E-state index in [-0.39, 0.29) is 32.5 Å². The number of alkyl halides is 4. The van der Waals surface area contributed by atoms with Crippen molar-refractivity contribution in [1.82, 2.24) is 14.7 Å². The van der Waals surface area contributed by atoms with Gasteiger partial charge in [-0.3, -0.25) is 14.3 Å². The van der Waals surface area contributed by atoms with E-state index < -0.39 is 54.2 Å². The van der Waals surface area contributed by atoms with Crippen LogP contribution in [0, 0.1) is 16.7 Å². The van der Waals surface area contributed by atoms with Crippen molar-refractivity contribution >= 4 is 11.9 Å². The molecule has 1 aromatic heterocycles. The van der Waals surface area contributed by atoms with E-state index in [0.29, 0.717) is 23.8 Å². The molecule has 164 valence electrons. The molecule has 2 aliphatic rings. The zero-order chi connectivity index (χ0) is 21.9. The number of nitriles is 1. The highest BCUT2D eigenvalue weighted by molar-refractivity contribution is 5.81. The molecule has 1 atom stereocenters. The highest BCUT2D eigenvalue weighted by atomic mass is 19.3. The van der Waals surface area contributed by atoms with E-state index in [1.807, 2.05) is 6.07 Å². The van der Waals surface area contributed by atoms with Crippen LogP contribution in [-0.2, 0) is 25.6 Å². The van der Waals surface area contributed by atoms with Crippen LogP contribution in [0.5, 0.6) is 0 Å². The van der Waals surface area contributed by atoms with E-state index in [9.17, 15) is 32.4 Å². The number of halogens is 4. The van der Waals surface area contributed by atoms with Crippen molar-refractivity contribution < 1.29 is 36.6 Å². The molecule has 2 fully saturated rings. The van der Waals surface area contributed by atoms with Gasteiger partial charge in [-0.1, -0.05) is 0 Å². The fraction of sp³-hybridized carbons (Fsp3) is 0.667. The van der Waals surface area contributed by atoms with Gasteiger partial charge in [0.2, 0.25) is 5.91 Å². The number of hydrogen-bond acceptors (Lipinski definition) is 6. The summed E-state index contributed by atoms with van der Waals surface area (Å²) in [7, 11) is 0. The number of hydrogen-bond donors (Lipinski definition) is 0. The van der Waals surface area contributed by atoms with Crippen LogP contribution in [0.15, 0.2) is 6.07 Å². The van der Waals surface area contributed by atoms with Gasteiger partial charge in [-0.15, -0.1) is 0 Å². The van der Waals surface area contributed by atoms with Gasteiger partial charge in [0.1, 0.15) is 24.0 Å². The van der Waals surface area contributed by atoms with Gasteiger partial charge < -0.3 is 14.4 Å². The van der Waals surface area contributed by atoms with E-state index in [1.165, 1.54) is 4.90 Å². The second kappa shape index (κ2) is 8.99. The number of carbonyl (C=O) groups is 2. The van der Waals surface area contributed by atoms with Crippen LogP contribution >= 0.6 is 0 Å². The summed E-state index contributed by atoms with van der Waals surface area (Å²) in [4.78, 5) is 26.3. The van der Waals surface area contributed by atoms with Crippen molar-refractivity contribution in [3.63, 3.8) is 0 Å². The summed E-state index contributed by atoms with van der Waals surface area (Å²) in [5.74, 6) is -1.29. The first kappa shape index (κ1) is 22.0. The number of nitrogens with zero attached hydrogens (tertiary/aromatic N) is 4. The van der Waals surface area contributed by atoms with Crippen molar-refractivity contribution in [1.29, 1.82) is 5.26 Å². The molecule has 30 heavy (non-hydrogen) atoms. The van der Waals surface area contributed by atoms with Crippen molar-refractivity contribution in [2.75, 3.05) is 26.3 Å². The Morgan fingerprint density at radius 2 is 2.00 bits per heavy atom. The lowest BCUT2D eigenvalue weighted by Crippen LogP contribution is -2.48. The summed E-state index contributed by atoms with van der Waals surface area (Å²) in [5, 5.41) is 12.9. The molecule has 1 amide bonds.